The average Bonchev–Trinajstić information content (AvgIpc) is 2.40. The van der Waals surface area contributed by atoms with Gasteiger partial charge in [0.05, 0.1) is 0 Å². The van der Waals surface area contributed by atoms with Gasteiger partial charge in [-0.2, -0.15) is 0 Å². The summed E-state index contributed by atoms with van der Waals surface area (Å²) in [6.45, 7) is 8.89. The highest BCUT2D eigenvalue weighted by atomic mass is 16.4. The van der Waals surface area contributed by atoms with Gasteiger partial charge >= 0.3 is 5.97 Å². The fraction of sp³-hybridized carbons (Fsp3) is 0.769. The lowest BCUT2D eigenvalue weighted by atomic mass is 10.1. The van der Waals surface area contributed by atoms with Gasteiger partial charge in [0, 0.05) is 31.6 Å². The first kappa shape index (κ1) is 14.2. The summed E-state index contributed by atoms with van der Waals surface area (Å²) in [6, 6.07) is 0.823. The van der Waals surface area contributed by atoms with Crippen LogP contribution in [0, 0.1) is 0 Å². The third kappa shape index (κ3) is 4.48. The third-order valence-electron chi connectivity index (χ3n) is 3.52. The minimum Gasteiger partial charge on any atom is -0.481 e. The van der Waals surface area contributed by atoms with E-state index in [-0.39, 0.29) is 6.42 Å². The number of carboxylic acid groups (broad SMARTS) is 1. The Morgan fingerprint density at radius 3 is 2.88 bits per heavy atom. The number of hydrogen-bond donors (Lipinski definition) is 1. The molecule has 2 atom stereocenters. The van der Waals surface area contributed by atoms with Crippen molar-refractivity contribution in [2.45, 2.75) is 38.3 Å². The van der Waals surface area contributed by atoms with Gasteiger partial charge in [0.2, 0.25) is 0 Å². The molecule has 0 aromatic heterocycles. The van der Waals surface area contributed by atoms with E-state index in [2.05, 4.69) is 30.4 Å². The average molecular weight is 240 g/mol. The second-order valence-electron chi connectivity index (χ2n) is 4.97. The monoisotopic (exact) mass is 240 g/mol. The standard InChI is InChI=1S/C13H24N2O2/c1-4-8-15-11(2)7-9-14(3)10-12(15)5-6-13(16)17/h4,11-12H,1,5-10H2,2-3H3,(H,16,17). The molecule has 1 rings (SSSR count). The molecular formula is C13H24N2O2. The summed E-state index contributed by atoms with van der Waals surface area (Å²) in [5.74, 6) is -0.705. The maximum Gasteiger partial charge on any atom is 0.303 e. The molecule has 0 radical (unpaired) electrons. The van der Waals surface area contributed by atoms with Crippen LogP contribution in [0.15, 0.2) is 12.7 Å². The van der Waals surface area contributed by atoms with E-state index in [1.54, 1.807) is 0 Å². The topological polar surface area (TPSA) is 43.8 Å². The quantitative estimate of drug-likeness (QED) is 0.738. The van der Waals surface area contributed by atoms with Gasteiger partial charge in [-0.05, 0) is 33.4 Å². The summed E-state index contributed by atoms with van der Waals surface area (Å²) >= 11 is 0. The highest BCUT2D eigenvalue weighted by Crippen LogP contribution is 2.18. The van der Waals surface area contributed by atoms with Crippen molar-refractivity contribution >= 4 is 5.97 Å². The van der Waals surface area contributed by atoms with Gasteiger partial charge in [-0.3, -0.25) is 9.69 Å². The lowest BCUT2D eigenvalue weighted by molar-refractivity contribution is -0.137. The van der Waals surface area contributed by atoms with E-state index >= 15 is 0 Å². The highest BCUT2D eigenvalue weighted by molar-refractivity contribution is 5.66. The van der Waals surface area contributed by atoms with Crippen molar-refractivity contribution in [1.29, 1.82) is 0 Å². The molecule has 0 saturated carbocycles. The Morgan fingerprint density at radius 1 is 1.59 bits per heavy atom. The van der Waals surface area contributed by atoms with Gasteiger partial charge in [0.25, 0.3) is 0 Å². The number of likely N-dealkylation sites (N-methyl/N-ethyl adjacent to an activating group) is 1. The molecule has 17 heavy (non-hydrogen) atoms. The Bertz CT molecular complexity index is 268. The SMILES string of the molecule is C=CCN1C(C)CCN(C)CC1CCC(=O)O. The predicted octanol–water partition coefficient (Wildman–Crippen LogP) is 1.43. The van der Waals surface area contributed by atoms with Gasteiger partial charge in [0.15, 0.2) is 0 Å². The maximum absolute atomic E-state index is 10.7. The first-order chi connectivity index (χ1) is 8.04. The molecule has 0 aromatic rings. The van der Waals surface area contributed by atoms with Crippen molar-refractivity contribution < 1.29 is 9.90 Å². The first-order valence-electron chi connectivity index (χ1n) is 6.31. The minimum absolute atomic E-state index is 0.249. The fourth-order valence-corrected chi connectivity index (χ4v) is 2.51. The van der Waals surface area contributed by atoms with E-state index in [0.29, 0.717) is 12.1 Å². The van der Waals surface area contributed by atoms with Crippen molar-refractivity contribution in [3.05, 3.63) is 12.7 Å². The molecule has 1 N–H and O–H groups in total. The smallest absolute Gasteiger partial charge is 0.303 e. The molecule has 0 bridgehead atoms. The molecule has 1 aliphatic rings. The highest BCUT2D eigenvalue weighted by Gasteiger charge is 2.27. The zero-order valence-corrected chi connectivity index (χ0v) is 10.9. The van der Waals surface area contributed by atoms with E-state index in [1.165, 1.54) is 0 Å². The fourth-order valence-electron chi connectivity index (χ4n) is 2.51. The number of aliphatic carboxylic acids is 1. The lowest BCUT2D eigenvalue weighted by Gasteiger charge is -2.33. The summed E-state index contributed by atoms with van der Waals surface area (Å²) in [5.41, 5.74) is 0. The van der Waals surface area contributed by atoms with Crippen LogP contribution in [0.2, 0.25) is 0 Å². The molecular weight excluding hydrogens is 216 g/mol. The van der Waals surface area contributed by atoms with Crippen molar-refractivity contribution in [3.63, 3.8) is 0 Å². The van der Waals surface area contributed by atoms with Gasteiger partial charge in [-0.15, -0.1) is 6.58 Å². The second-order valence-corrected chi connectivity index (χ2v) is 4.97. The number of carboxylic acids is 1. The molecule has 1 saturated heterocycles. The van der Waals surface area contributed by atoms with Crippen LogP contribution in [0.3, 0.4) is 0 Å². The molecule has 0 spiro atoms. The Labute approximate surface area is 104 Å². The van der Waals surface area contributed by atoms with Crippen LogP contribution in [0.25, 0.3) is 0 Å². The van der Waals surface area contributed by atoms with Crippen LogP contribution in [-0.4, -0.2) is 59.6 Å². The molecule has 0 aromatic carbocycles. The molecule has 1 heterocycles. The normalized spacial score (nSPS) is 27.6. The molecule has 98 valence electrons. The maximum atomic E-state index is 10.7. The summed E-state index contributed by atoms with van der Waals surface area (Å²) in [4.78, 5) is 15.4. The predicted molar refractivity (Wildman–Crippen MR) is 69.1 cm³/mol. The zero-order valence-electron chi connectivity index (χ0n) is 10.9. The number of nitrogens with zero attached hydrogens (tertiary/aromatic N) is 2. The first-order valence-corrected chi connectivity index (χ1v) is 6.31. The van der Waals surface area contributed by atoms with Crippen LogP contribution < -0.4 is 0 Å². The van der Waals surface area contributed by atoms with E-state index in [9.17, 15) is 4.79 Å². The molecule has 2 unspecified atom stereocenters. The van der Waals surface area contributed by atoms with Gasteiger partial charge < -0.3 is 10.0 Å². The van der Waals surface area contributed by atoms with Crippen LogP contribution in [0.5, 0.6) is 0 Å². The number of hydrogen-bond acceptors (Lipinski definition) is 3. The van der Waals surface area contributed by atoms with Gasteiger partial charge in [-0.25, -0.2) is 0 Å². The summed E-state index contributed by atoms with van der Waals surface area (Å²) in [6.07, 6.45) is 4.01. The third-order valence-corrected chi connectivity index (χ3v) is 3.52. The Hall–Kier alpha value is -0.870. The Kier molecular flexibility index (Phi) is 5.65. The minimum atomic E-state index is -0.705. The summed E-state index contributed by atoms with van der Waals surface area (Å²) in [5, 5.41) is 8.81. The van der Waals surface area contributed by atoms with Crippen molar-refractivity contribution in [2.75, 3.05) is 26.7 Å². The molecule has 4 heteroatoms. The lowest BCUT2D eigenvalue weighted by Crippen LogP contribution is -2.44. The summed E-state index contributed by atoms with van der Waals surface area (Å²) in [7, 11) is 2.11. The second kappa shape index (κ2) is 6.77. The Balaban J connectivity index is 2.68. The molecule has 0 aliphatic carbocycles. The molecule has 1 fully saturated rings. The van der Waals surface area contributed by atoms with Gasteiger partial charge in [-0.1, -0.05) is 6.08 Å². The molecule has 4 nitrogen and oxygen atoms in total. The molecule has 0 amide bonds. The zero-order chi connectivity index (χ0) is 12.8. The Morgan fingerprint density at radius 2 is 2.29 bits per heavy atom. The van der Waals surface area contributed by atoms with Crippen LogP contribution in [0.4, 0.5) is 0 Å². The number of carbonyl (C=O) groups is 1. The molecule has 1 aliphatic heterocycles. The number of rotatable bonds is 5. The van der Waals surface area contributed by atoms with Crippen molar-refractivity contribution in [2.24, 2.45) is 0 Å². The van der Waals surface area contributed by atoms with E-state index in [0.717, 1.165) is 32.5 Å². The summed E-state index contributed by atoms with van der Waals surface area (Å²) < 4.78 is 0. The largest absolute Gasteiger partial charge is 0.481 e. The van der Waals surface area contributed by atoms with Crippen molar-refractivity contribution in [3.8, 4) is 0 Å². The van der Waals surface area contributed by atoms with E-state index in [4.69, 9.17) is 5.11 Å². The van der Waals surface area contributed by atoms with Crippen LogP contribution in [0.1, 0.15) is 26.2 Å². The van der Waals surface area contributed by atoms with E-state index < -0.39 is 5.97 Å². The van der Waals surface area contributed by atoms with Crippen LogP contribution in [-0.2, 0) is 4.79 Å². The van der Waals surface area contributed by atoms with Gasteiger partial charge in [0.1, 0.15) is 0 Å². The van der Waals surface area contributed by atoms with E-state index in [1.807, 2.05) is 6.08 Å². The van der Waals surface area contributed by atoms with Crippen LogP contribution >= 0.6 is 0 Å². The van der Waals surface area contributed by atoms with Crippen molar-refractivity contribution in [1.82, 2.24) is 9.80 Å².